The third kappa shape index (κ3) is 3.68. The third-order valence-electron chi connectivity index (χ3n) is 4.34. The summed E-state index contributed by atoms with van der Waals surface area (Å²) < 4.78 is 0. The van der Waals surface area contributed by atoms with Gasteiger partial charge in [0.25, 0.3) is 0 Å². The zero-order chi connectivity index (χ0) is 15.5. The smallest absolute Gasteiger partial charge is 0.0660 e. The highest BCUT2D eigenvalue weighted by Gasteiger charge is 2.21. The van der Waals surface area contributed by atoms with Crippen LogP contribution in [-0.4, -0.2) is 13.1 Å². The number of hydrogen-bond donors (Lipinski definition) is 1. The SMILES string of the molecule is Nc1ccc(N2CCC(Cc3cccc(Cl)c3)CC2)c(Cl)c1. The van der Waals surface area contributed by atoms with E-state index in [0.717, 1.165) is 35.2 Å². The van der Waals surface area contributed by atoms with Crippen LogP contribution < -0.4 is 10.6 Å². The van der Waals surface area contributed by atoms with Gasteiger partial charge in [0, 0.05) is 23.8 Å². The van der Waals surface area contributed by atoms with E-state index in [1.165, 1.54) is 18.4 Å². The van der Waals surface area contributed by atoms with Crippen molar-refractivity contribution in [3.63, 3.8) is 0 Å². The second kappa shape index (κ2) is 6.80. The first kappa shape index (κ1) is 15.5. The van der Waals surface area contributed by atoms with Gasteiger partial charge in [0.2, 0.25) is 0 Å². The van der Waals surface area contributed by atoms with E-state index in [0.29, 0.717) is 11.6 Å². The Morgan fingerprint density at radius 3 is 2.50 bits per heavy atom. The molecule has 116 valence electrons. The lowest BCUT2D eigenvalue weighted by Crippen LogP contribution is -2.34. The minimum atomic E-state index is 0.710. The van der Waals surface area contributed by atoms with Crippen molar-refractivity contribution in [3.05, 3.63) is 58.1 Å². The normalized spacial score (nSPS) is 16.0. The van der Waals surface area contributed by atoms with Gasteiger partial charge >= 0.3 is 0 Å². The molecule has 0 amide bonds. The molecule has 0 bridgehead atoms. The molecular weight excluding hydrogens is 315 g/mol. The summed E-state index contributed by atoms with van der Waals surface area (Å²) in [6.07, 6.45) is 3.45. The Bertz CT molecular complexity index is 649. The van der Waals surface area contributed by atoms with Crippen molar-refractivity contribution >= 4 is 34.6 Å². The number of halogens is 2. The molecule has 0 saturated carbocycles. The van der Waals surface area contributed by atoms with Crippen LogP contribution in [0.1, 0.15) is 18.4 Å². The molecular formula is C18H20Cl2N2. The molecule has 1 heterocycles. The highest BCUT2D eigenvalue weighted by atomic mass is 35.5. The first-order valence-corrected chi connectivity index (χ1v) is 8.42. The standard InChI is InChI=1S/C18H20Cl2N2/c19-15-3-1-2-14(11-15)10-13-6-8-22(9-7-13)18-5-4-16(21)12-17(18)20/h1-5,11-13H,6-10,21H2. The zero-order valence-corrected chi connectivity index (χ0v) is 13.9. The number of nitrogen functional groups attached to an aromatic ring is 1. The molecule has 2 aromatic rings. The van der Waals surface area contributed by atoms with Crippen molar-refractivity contribution in [2.75, 3.05) is 23.7 Å². The molecule has 2 nitrogen and oxygen atoms in total. The Kier molecular flexibility index (Phi) is 4.80. The Morgan fingerprint density at radius 2 is 1.82 bits per heavy atom. The Balaban J connectivity index is 1.60. The van der Waals surface area contributed by atoms with Crippen LogP contribution >= 0.6 is 23.2 Å². The van der Waals surface area contributed by atoms with Gasteiger partial charge < -0.3 is 10.6 Å². The summed E-state index contributed by atoms with van der Waals surface area (Å²) in [5.41, 5.74) is 8.90. The van der Waals surface area contributed by atoms with E-state index in [1.807, 2.05) is 30.3 Å². The summed E-state index contributed by atoms with van der Waals surface area (Å²) >= 11 is 12.4. The minimum Gasteiger partial charge on any atom is -0.399 e. The fourth-order valence-electron chi connectivity index (χ4n) is 3.15. The topological polar surface area (TPSA) is 29.3 Å². The quantitative estimate of drug-likeness (QED) is 0.797. The van der Waals surface area contributed by atoms with Gasteiger partial charge in [-0.25, -0.2) is 0 Å². The van der Waals surface area contributed by atoms with Crippen molar-refractivity contribution in [3.8, 4) is 0 Å². The summed E-state index contributed by atoms with van der Waals surface area (Å²) in [5.74, 6) is 0.710. The maximum Gasteiger partial charge on any atom is 0.0660 e. The maximum absolute atomic E-state index is 6.31. The van der Waals surface area contributed by atoms with E-state index >= 15 is 0 Å². The molecule has 2 aromatic carbocycles. The van der Waals surface area contributed by atoms with Crippen molar-refractivity contribution in [2.24, 2.45) is 5.92 Å². The summed E-state index contributed by atoms with van der Waals surface area (Å²) in [4.78, 5) is 2.36. The molecule has 1 aliphatic heterocycles. The summed E-state index contributed by atoms with van der Waals surface area (Å²) in [5, 5.41) is 1.57. The second-order valence-corrected chi connectivity index (χ2v) is 6.82. The van der Waals surface area contributed by atoms with Crippen molar-refractivity contribution < 1.29 is 0 Å². The van der Waals surface area contributed by atoms with Gasteiger partial charge in [-0.3, -0.25) is 0 Å². The van der Waals surface area contributed by atoms with Crippen molar-refractivity contribution in [1.29, 1.82) is 0 Å². The van der Waals surface area contributed by atoms with E-state index in [9.17, 15) is 0 Å². The Morgan fingerprint density at radius 1 is 1.05 bits per heavy atom. The fourth-order valence-corrected chi connectivity index (χ4v) is 3.68. The summed E-state index contributed by atoms with van der Waals surface area (Å²) in [6, 6.07) is 14.0. The molecule has 4 heteroatoms. The van der Waals surface area contributed by atoms with E-state index in [-0.39, 0.29) is 0 Å². The van der Waals surface area contributed by atoms with Gasteiger partial charge in [0.1, 0.15) is 0 Å². The Hall–Kier alpha value is -1.38. The highest BCUT2D eigenvalue weighted by Crippen LogP contribution is 2.32. The minimum absolute atomic E-state index is 0.710. The molecule has 1 fully saturated rings. The number of hydrogen-bond acceptors (Lipinski definition) is 2. The van der Waals surface area contributed by atoms with Crippen LogP contribution in [0, 0.1) is 5.92 Å². The van der Waals surface area contributed by atoms with Gasteiger partial charge in [-0.1, -0.05) is 35.3 Å². The number of anilines is 2. The van der Waals surface area contributed by atoms with Crippen LogP contribution in [0.4, 0.5) is 11.4 Å². The predicted octanol–water partition coefficient (Wildman–Crippen LogP) is 5.03. The molecule has 1 aliphatic rings. The van der Waals surface area contributed by atoms with Gasteiger partial charge in [-0.05, 0) is 61.1 Å². The lowest BCUT2D eigenvalue weighted by molar-refractivity contribution is 0.404. The molecule has 22 heavy (non-hydrogen) atoms. The number of benzene rings is 2. The van der Waals surface area contributed by atoms with E-state index in [2.05, 4.69) is 17.0 Å². The van der Waals surface area contributed by atoms with E-state index in [1.54, 1.807) is 0 Å². The first-order chi connectivity index (χ1) is 10.6. The lowest BCUT2D eigenvalue weighted by atomic mass is 9.90. The van der Waals surface area contributed by atoms with Crippen LogP contribution in [0.25, 0.3) is 0 Å². The van der Waals surface area contributed by atoms with Gasteiger partial charge in [0.15, 0.2) is 0 Å². The number of nitrogens with two attached hydrogens (primary N) is 1. The van der Waals surface area contributed by atoms with E-state index in [4.69, 9.17) is 28.9 Å². The summed E-state index contributed by atoms with van der Waals surface area (Å²) in [7, 11) is 0. The molecule has 0 aliphatic carbocycles. The van der Waals surface area contributed by atoms with Crippen LogP contribution in [0.15, 0.2) is 42.5 Å². The van der Waals surface area contributed by atoms with Crippen molar-refractivity contribution in [1.82, 2.24) is 0 Å². The number of rotatable bonds is 3. The zero-order valence-electron chi connectivity index (χ0n) is 12.4. The number of nitrogens with zero attached hydrogens (tertiary/aromatic N) is 1. The molecule has 0 unspecified atom stereocenters. The largest absolute Gasteiger partial charge is 0.399 e. The molecule has 0 aromatic heterocycles. The fraction of sp³-hybridized carbons (Fsp3) is 0.333. The maximum atomic E-state index is 6.31. The van der Waals surface area contributed by atoms with Gasteiger partial charge in [-0.2, -0.15) is 0 Å². The van der Waals surface area contributed by atoms with Crippen molar-refractivity contribution in [2.45, 2.75) is 19.3 Å². The molecule has 1 saturated heterocycles. The van der Waals surface area contributed by atoms with Crippen LogP contribution in [0.5, 0.6) is 0 Å². The average molecular weight is 335 g/mol. The average Bonchev–Trinajstić information content (AvgIpc) is 2.48. The second-order valence-electron chi connectivity index (χ2n) is 5.98. The first-order valence-electron chi connectivity index (χ1n) is 7.66. The highest BCUT2D eigenvalue weighted by molar-refractivity contribution is 6.33. The predicted molar refractivity (Wildman–Crippen MR) is 96.0 cm³/mol. The van der Waals surface area contributed by atoms with Crippen LogP contribution in [-0.2, 0) is 6.42 Å². The molecule has 0 spiro atoms. The molecule has 0 radical (unpaired) electrons. The number of piperidine rings is 1. The monoisotopic (exact) mass is 334 g/mol. The van der Waals surface area contributed by atoms with Crippen LogP contribution in [0.2, 0.25) is 10.0 Å². The lowest BCUT2D eigenvalue weighted by Gasteiger charge is -2.34. The van der Waals surface area contributed by atoms with Crippen LogP contribution in [0.3, 0.4) is 0 Å². The summed E-state index contributed by atoms with van der Waals surface area (Å²) in [6.45, 7) is 2.07. The molecule has 3 rings (SSSR count). The van der Waals surface area contributed by atoms with E-state index < -0.39 is 0 Å². The van der Waals surface area contributed by atoms with Gasteiger partial charge in [0.05, 0.1) is 10.7 Å². The third-order valence-corrected chi connectivity index (χ3v) is 4.88. The molecule has 2 N–H and O–H groups in total. The Labute approximate surface area is 141 Å². The molecule has 0 atom stereocenters. The van der Waals surface area contributed by atoms with Gasteiger partial charge in [-0.15, -0.1) is 0 Å².